The number of nitrogens with one attached hydrogen (secondary N) is 2. The van der Waals surface area contributed by atoms with Crippen LogP contribution in [0.3, 0.4) is 0 Å². The first kappa shape index (κ1) is 20.5. The van der Waals surface area contributed by atoms with Gasteiger partial charge in [0, 0.05) is 25.0 Å². The molecule has 9 heteroatoms. The zero-order chi connectivity index (χ0) is 21.0. The summed E-state index contributed by atoms with van der Waals surface area (Å²) in [6.45, 7) is 5.81. The van der Waals surface area contributed by atoms with Crippen LogP contribution >= 0.6 is 11.8 Å². The van der Waals surface area contributed by atoms with E-state index in [2.05, 4.69) is 38.8 Å². The minimum atomic E-state index is -0.549. The van der Waals surface area contributed by atoms with Crippen molar-refractivity contribution in [3.8, 4) is 17.1 Å². The van der Waals surface area contributed by atoms with E-state index < -0.39 is 17.2 Å². The molecule has 3 aromatic rings. The number of amides is 3. The number of nitrogens with zero attached hydrogens (tertiary/aromatic N) is 4. The molecule has 3 rings (SSSR count). The van der Waals surface area contributed by atoms with Crippen LogP contribution < -0.4 is 10.6 Å². The summed E-state index contributed by atoms with van der Waals surface area (Å²) in [7, 11) is 1.46. The van der Waals surface area contributed by atoms with Gasteiger partial charge in [0.2, 0.25) is 5.91 Å². The normalized spacial score (nSPS) is 11.7. The Hall–Kier alpha value is -3.20. The van der Waals surface area contributed by atoms with E-state index in [-0.39, 0.29) is 0 Å². The fraction of sp³-hybridized carbons (Fsp3) is 0.250. The molecule has 0 saturated heterocycles. The first-order valence-corrected chi connectivity index (χ1v) is 9.91. The van der Waals surface area contributed by atoms with E-state index in [1.54, 1.807) is 19.3 Å². The van der Waals surface area contributed by atoms with Crippen LogP contribution in [0.2, 0.25) is 0 Å². The van der Waals surface area contributed by atoms with Crippen LogP contribution in [0.1, 0.15) is 18.1 Å². The molecule has 2 aromatic heterocycles. The molecule has 0 aliphatic rings. The Kier molecular flexibility index (Phi) is 6.28. The van der Waals surface area contributed by atoms with Gasteiger partial charge in [0.15, 0.2) is 11.0 Å². The van der Waals surface area contributed by atoms with Crippen LogP contribution in [0, 0.1) is 13.8 Å². The van der Waals surface area contributed by atoms with Gasteiger partial charge in [-0.05, 0) is 56.2 Å². The third-order valence-corrected chi connectivity index (χ3v) is 5.48. The molecule has 3 amide bonds. The number of carbonyl (C=O) groups excluding carboxylic acids is 2. The predicted molar refractivity (Wildman–Crippen MR) is 112 cm³/mol. The number of rotatable bonds is 5. The topological polar surface area (TPSA) is 102 Å². The Labute approximate surface area is 173 Å². The smallest absolute Gasteiger partial charge is 0.321 e. The molecule has 8 nitrogen and oxygen atoms in total. The van der Waals surface area contributed by atoms with Gasteiger partial charge >= 0.3 is 6.03 Å². The van der Waals surface area contributed by atoms with Crippen molar-refractivity contribution in [1.82, 2.24) is 30.4 Å². The highest BCUT2D eigenvalue weighted by molar-refractivity contribution is 8.00. The Morgan fingerprint density at radius 2 is 1.79 bits per heavy atom. The lowest BCUT2D eigenvalue weighted by Crippen LogP contribution is -2.41. The third kappa shape index (κ3) is 4.62. The van der Waals surface area contributed by atoms with Crippen molar-refractivity contribution in [3.05, 3.63) is 53.9 Å². The van der Waals surface area contributed by atoms with Gasteiger partial charge in [-0.25, -0.2) is 4.79 Å². The Balaban J connectivity index is 2.01. The van der Waals surface area contributed by atoms with Crippen LogP contribution in [0.5, 0.6) is 0 Å². The molecular weight excluding hydrogens is 388 g/mol. The molecule has 2 N–H and O–H groups in total. The molecule has 0 unspecified atom stereocenters. The zero-order valence-corrected chi connectivity index (χ0v) is 17.4. The molecule has 2 heterocycles. The molecule has 1 atom stereocenters. The van der Waals surface area contributed by atoms with Crippen LogP contribution in [-0.4, -0.2) is 44.0 Å². The number of thioether (sulfide) groups is 1. The summed E-state index contributed by atoms with van der Waals surface area (Å²) >= 11 is 1.23. The van der Waals surface area contributed by atoms with Gasteiger partial charge in [-0.15, -0.1) is 10.2 Å². The van der Waals surface area contributed by atoms with Gasteiger partial charge in [-0.2, -0.15) is 0 Å². The van der Waals surface area contributed by atoms with Gasteiger partial charge in [0.1, 0.15) is 0 Å². The van der Waals surface area contributed by atoms with Crippen molar-refractivity contribution in [2.75, 3.05) is 7.05 Å². The number of hydrogen-bond acceptors (Lipinski definition) is 6. The number of carbonyl (C=O) groups is 2. The fourth-order valence-electron chi connectivity index (χ4n) is 2.62. The summed E-state index contributed by atoms with van der Waals surface area (Å²) < 4.78 is 1.91. The number of imide groups is 1. The quantitative estimate of drug-likeness (QED) is 0.627. The van der Waals surface area contributed by atoms with Crippen molar-refractivity contribution in [2.24, 2.45) is 0 Å². The monoisotopic (exact) mass is 410 g/mol. The second kappa shape index (κ2) is 8.87. The molecule has 0 spiro atoms. The highest BCUT2D eigenvalue weighted by Gasteiger charge is 2.23. The number of pyridine rings is 1. The van der Waals surface area contributed by atoms with Crippen molar-refractivity contribution in [1.29, 1.82) is 0 Å². The standard InChI is InChI=1S/C20H22N6O2S/c1-12-5-6-16(11-13(12)2)26-17(15-7-9-22-10-8-15)24-25-20(26)29-14(3)18(27)23-19(28)21-4/h5-11,14H,1-4H3,(H2,21,23,27,28)/t14-/m1/s1. The number of hydrogen-bond donors (Lipinski definition) is 2. The van der Waals surface area contributed by atoms with Gasteiger partial charge in [0.25, 0.3) is 0 Å². The fourth-order valence-corrected chi connectivity index (χ4v) is 3.49. The van der Waals surface area contributed by atoms with Crippen molar-refractivity contribution < 1.29 is 9.59 Å². The van der Waals surface area contributed by atoms with E-state index in [9.17, 15) is 9.59 Å². The Morgan fingerprint density at radius 1 is 1.07 bits per heavy atom. The summed E-state index contributed by atoms with van der Waals surface area (Å²) in [4.78, 5) is 27.8. The van der Waals surface area contributed by atoms with E-state index in [0.717, 1.165) is 16.8 Å². The molecule has 0 bridgehead atoms. The molecule has 0 radical (unpaired) electrons. The van der Waals surface area contributed by atoms with E-state index in [1.807, 2.05) is 35.8 Å². The molecule has 0 saturated carbocycles. The maximum Gasteiger partial charge on any atom is 0.321 e. The summed E-state index contributed by atoms with van der Waals surface area (Å²) in [5.74, 6) is 0.242. The van der Waals surface area contributed by atoms with Crippen LogP contribution in [0.4, 0.5) is 4.79 Å². The van der Waals surface area contributed by atoms with E-state index in [4.69, 9.17) is 0 Å². The maximum absolute atomic E-state index is 12.3. The molecule has 1 aromatic carbocycles. The summed E-state index contributed by atoms with van der Waals surface area (Å²) in [5, 5.41) is 13.3. The lowest BCUT2D eigenvalue weighted by molar-refractivity contribution is -0.119. The minimum Gasteiger partial charge on any atom is -0.341 e. The molecular formula is C20H22N6O2S. The number of aryl methyl sites for hydroxylation is 2. The highest BCUT2D eigenvalue weighted by atomic mass is 32.2. The molecule has 29 heavy (non-hydrogen) atoms. The summed E-state index contributed by atoms with van der Waals surface area (Å²) in [5.41, 5.74) is 4.07. The molecule has 0 aliphatic carbocycles. The highest BCUT2D eigenvalue weighted by Crippen LogP contribution is 2.30. The second-order valence-electron chi connectivity index (χ2n) is 6.47. The van der Waals surface area contributed by atoms with E-state index in [0.29, 0.717) is 11.0 Å². The SMILES string of the molecule is CNC(=O)NC(=O)[C@@H](C)Sc1nnc(-c2ccncc2)n1-c1ccc(C)c(C)c1. The van der Waals surface area contributed by atoms with Crippen LogP contribution in [0.15, 0.2) is 47.9 Å². The first-order valence-electron chi connectivity index (χ1n) is 9.03. The van der Waals surface area contributed by atoms with Crippen LogP contribution in [-0.2, 0) is 4.79 Å². The molecule has 0 aliphatic heterocycles. The largest absolute Gasteiger partial charge is 0.341 e. The second-order valence-corrected chi connectivity index (χ2v) is 7.78. The maximum atomic E-state index is 12.3. The third-order valence-electron chi connectivity index (χ3n) is 4.44. The number of benzene rings is 1. The van der Waals surface area contributed by atoms with Crippen molar-refractivity contribution in [3.63, 3.8) is 0 Å². The van der Waals surface area contributed by atoms with E-state index >= 15 is 0 Å². The predicted octanol–water partition coefficient (Wildman–Crippen LogP) is 2.88. The summed E-state index contributed by atoms with van der Waals surface area (Å²) in [6.07, 6.45) is 3.39. The Bertz CT molecular complexity index is 1030. The van der Waals surface area contributed by atoms with Gasteiger partial charge in [-0.1, -0.05) is 17.8 Å². The first-order chi connectivity index (χ1) is 13.9. The molecule has 150 valence electrons. The van der Waals surface area contributed by atoms with Crippen molar-refractivity contribution in [2.45, 2.75) is 31.2 Å². The average molecular weight is 411 g/mol. The lowest BCUT2D eigenvalue weighted by atomic mass is 10.1. The zero-order valence-electron chi connectivity index (χ0n) is 16.6. The van der Waals surface area contributed by atoms with Crippen molar-refractivity contribution >= 4 is 23.7 Å². The Morgan fingerprint density at radius 3 is 2.45 bits per heavy atom. The molecule has 0 fully saturated rings. The average Bonchev–Trinajstić information content (AvgIpc) is 3.14. The summed E-state index contributed by atoms with van der Waals surface area (Å²) in [6, 6.07) is 9.26. The van der Waals surface area contributed by atoms with Gasteiger partial charge < -0.3 is 5.32 Å². The van der Waals surface area contributed by atoms with Gasteiger partial charge in [0.05, 0.1) is 10.9 Å². The number of aromatic nitrogens is 4. The van der Waals surface area contributed by atoms with Gasteiger partial charge in [-0.3, -0.25) is 19.7 Å². The van der Waals surface area contributed by atoms with E-state index in [1.165, 1.54) is 24.4 Å². The minimum absolute atomic E-state index is 0.408. The van der Waals surface area contributed by atoms with Crippen LogP contribution in [0.25, 0.3) is 17.1 Å². The number of urea groups is 1. The lowest BCUT2D eigenvalue weighted by Gasteiger charge is -2.14.